The summed E-state index contributed by atoms with van der Waals surface area (Å²) in [7, 11) is 0. The molecule has 1 atom stereocenters. The van der Waals surface area contributed by atoms with Crippen LogP contribution >= 0.6 is 0 Å². The molecule has 10 nitrogen and oxygen atoms in total. The molecule has 4 aromatic rings. The van der Waals surface area contributed by atoms with Crippen molar-refractivity contribution in [3.05, 3.63) is 89.6 Å². The first-order valence-corrected chi connectivity index (χ1v) is 15.1. The minimum Gasteiger partial charge on any atom is -0.356 e. The number of nitrogens with one attached hydrogen (secondary N) is 2. The van der Waals surface area contributed by atoms with Gasteiger partial charge in [0.15, 0.2) is 5.82 Å². The lowest BCUT2D eigenvalue weighted by Crippen LogP contribution is -2.52. The van der Waals surface area contributed by atoms with Crippen molar-refractivity contribution in [1.29, 1.82) is 0 Å². The number of imide groups is 1. The predicted molar refractivity (Wildman–Crippen MR) is 165 cm³/mol. The minimum absolute atomic E-state index is 0.183. The van der Waals surface area contributed by atoms with E-state index >= 15 is 0 Å². The first-order valence-electron chi connectivity index (χ1n) is 15.1. The maximum Gasteiger partial charge on any atom is 0.255 e. The van der Waals surface area contributed by atoms with Gasteiger partial charge in [-0.15, -0.1) is 0 Å². The molecule has 0 radical (unpaired) electrons. The molecule has 3 aliphatic rings. The van der Waals surface area contributed by atoms with Crippen LogP contribution in [0, 0.1) is 5.92 Å². The lowest BCUT2D eigenvalue weighted by molar-refractivity contribution is -0.136. The molecule has 7 rings (SSSR count). The number of nitrogens with zero attached hydrogens (tertiary/aromatic N) is 4. The Hall–Kier alpha value is -5.12. The van der Waals surface area contributed by atoms with Crippen molar-refractivity contribution < 1.29 is 19.2 Å². The molecule has 3 aromatic carbocycles. The van der Waals surface area contributed by atoms with Crippen molar-refractivity contribution in [2.75, 3.05) is 24.5 Å². The molecule has 4 heterocycles. The highest BCUT2D eigenvalue weighted by Gasteiger charge is 2.39. The van der Waals surface area contributed by atoms with E-state index in [1.165, 1.54) is 4.90 Å². The average Bonchev–Trinajstić information content (AvgIpc) is 3.38. The SMILES string of the molecule is O=C1CCC(N2Cc3cc(C(=O)NCC4CCN(c5ccnc(-c6cccc7ccccc67)n5)CC4)ccc3C2=O)C(=O)N1. The van der Waals surface area contributed by atoms with E-state index in [-0.39, 0.29) is 30.7 Å². The molecular weight excluding hydrogens is 556 g/mol. The Balaban J connectivity index is 0.945. The van der Waals surface area contributed by atoms with Crippen molar-refractivity contribution in [3.8, 4) is 11.4 Å². The number of rotatable bonds is 6. The zero-order valence-corrected chi connectivity index (χ0v) is 24.2. The number of carbonyl (C=O) groups is 4. The van der Waals surface area contributed by atoms with Gasteiger partial charge in [-0.1, -0.05) is 42.5 Å². The first kappa shape index (κ1) is 27.7. The quantitative estimate of drug-likeness (QED) is 0.329. The summed E-state index contributed by atoms with van der Waals surface area (Å²) in [5.41, 5.74) is 2.71. The average molecular weight is 589 g/mol. The molecule has 10 heteroatoms. The van der Waals surface area contributed by atoms with Crippen LogP contribution in [-0.4, -0.2) is 64.2 Å². The lowest BCUT2D eigenvalue weighted by atomic mass is 9.96. The van der Waals surface area contributed by atoms with Gasteiger partial charge in [-0.3, -0.25) is 24.5 Å². The van der Waals surface area contributed by atoms with Gasteiger partial charge in [-0.05, 0) is 65.8 Å². The fourth-order valence-electron chi connectivity index (χ4n) is 6.50. The van der Waals surface area contributed by atoms with Crippen LogP contribution in [0.5, 0.6) is 0 Å². The van der Waals surface area contributed by atoms with Crippen molar-refractivity contribution in [2.45, 2.75) is 38.3 Å². The molecule has 2 saturated heterocycles. The van der Waals surface area contributed by atoms with E-state index in [0.29, 0.717) is 41.4 Å². The minimum atomic E-state index is -0.678. The molecule has 0 spiro atoms. The van der Waals surface area contributed by atoms with E-state index in [9.17, 15) is 19.2 Å². The molecule has 4 amide bonds. The second-order valence-electron chi connectivity index (χ2n) is 11.7. The second-order valence-corrected chi connectivity index (χ2v) is 11.7. The third kappa shape index (κ3) is 5.27. The fourth-order valence-corrected chi connectivity index (χ4v) is 6.50. The number of aromatic nitrogens is 2. The molecule has 2 fully saturated rings. The molecule has 0 saturated carbocycles. The Morgan fingerprint density at radius 2 is 1.75 bits per heavy atom. The molecule has 2 N–H and O–H groups in total. The van der Waals surface area contributed by atoms with Crippen molar-refractivity contribution in [2.24, 2.45) is 5.92 Å². The molecule has 3 aliphatic heterocycles. The molecule has 1 unspecified atom stereocenters. The Morgan fingerprint density at radius 1 is 0.932 bits per heavy atom. The third-order valence-electron chi connectivity index (χ3n) is 8.95. The standard InChI is InChI=1S/C34H32N6O4/c41-30-11-10-28(33(43)38-30)40-20-24-18-23(8-9-26(24)34(40)44)32(42)36-19-21-13-16-39(17-14-21)29-12-15-35-31(37-29)27-7-3-5-22-4-1-2-6-25(22)27/h1-9,12,15,18,21,28H,10-11,13-14,16-17,19-20H2,(H,36,42)(H,38,41,43). The monoisotopic (exact) mass is 588 g/mol. The molecule has 44 heavy (non-hydrogen) atoms. The zero-order chi connectivity index (χ0) is 30.2. The Morgan fingerprint density at radius 3 is 2.59 bits per heavy atom. The van der Waals surface area contributed by atoms with Gasteiger partial charge in [-0.25, -0.2) is 9.97 Å². The maximum atomic E-state index is 13.1. The fraction of sp³-hybridized carbons (Fsp3) is 0.294. The zero-order valence-electron chi connectivity index (χ0n) is 24.2. The van der Waals surface area contributed by atoms with Crippen molar-refractivity contribution in [3.63, 3.8) is 0 Å². The summed E-state index contributed by atoms with van der Waals surface area (Å²) in [6.07, 6.45) is 4.18. The Labute approximate surface area is 254 Å². The summed E-state index contributed by atoms with van der Waals surface area (Å²) in [4.78, 5) is 63.1. The van der Waals surface area contributed by atoms with E-state index in [4.69, 9.17) is 4.98 Å². The molecule has 0 aliphatic carbocycles. The van der Waals surface area contributed by atoms with Gasteiger partial charge in [-0.2, -0.15) is 0 Å². The van der Waals surface area contributed by atoms with E-state index in [2.05, 4.69) is 44.8 Å². The number of anilines is 1. The number of fused-ring (bicyclic) bond motifs is 2. The van der Waals surface area contributed by atoms with Crippen LogP contribution < -0.4 is 15.5 Å². The highest BCUT2D eigenvalue weighted by molar-refractivity contribution is 6.06. The van der Waals surface area contributed by atoms with E-state index in [1.807, 2.05) is 30.5 Å². The van der Waals surface area contributed by atoms with Crippen LogP contribution in [-0.2, 0) is 16.1 Å². The Kier molecular flexibility index (Phi) is 7.25. The summed E-state index contributed by atoms with van der Waals surface area (Å²) in [6, 6.07) is 20.8. The van der Waals surface area contributed by atoms with E-state index in [0.717, 1.165) is 48.1 Å². The molecule has 0 bridgehead atoms. The third-order valence-corrected chi connectivity index (χ3v) is 8.95. The summed E-state index contributed by atoms with van der Waals surface area (Å²) in [5.74, 6) is 0.762. The highest BCUT2D eigenvalue weighted by Crippen LogP contribution is 2.30. The lowest BCUT2D eigenvalue weighted by Gasteiger charge is -2.33. The summed E-state index contributed by atoms with van der Waals surface area (Å²) in [5, 5.41) is 7.67. The number of amides is 4. The number of carbonyl (C=O) groups excluding carboxylic acids is 4. The van der Waals surface area contributed by atoms with Gasteiger partial charge in [0.25, 0.3) is 11.8 Å². The van der Waals surface area contributed by atoms with E-state index < -0.39 is 11.9 Å². The van der Waals surface area contributed by atoms with Crippen LogP contribution in [0.25, 0.3) is 22.2 Å². The number of hydrogen-bond donors (Lipinski definition) is 2. The normalized spacial score (nSPS) is 18.8. The summed E-state index contributed by atoms with van der Waals surface area (Å²) < 4.78 is 0. The van der Waals surface area contributed by atoms with Gasteiger partial charge in [0.2, 0.25) is 11.8 Å². The second kappa shape index (κ2) is 11.5. The largest absolute Gasteiger partial charge is 0.356 e. The van der Waals surface area contributed by atoms with Crippen molar-refractivity contribution in [1.82, 2.24) is 25.5 Å². The molecule has 222 valence electrons. The predicted octanol–water partition coefficient (Wildman–Crippen LogP) is 3.70. The van der Waals surface area contributed by atoms with Crippen LogP contribution in [0.1, 0.15) is 52.0 Å². The summed E-state index contributed by atoms with van der Waals surface area (Å²) >= 11 is 0. The number of piperidine rings is 2. The Bertz CT molecular complexity index is 1790. The maximum absolute atomic E-state index is 13.1. The van der Waals surface area contributed by atoms with Crippen LogP contribution in [0.4, 0.5) is 5.82 Å². The molecule has 1 aromatic heterocycles. The van der Waals surface area contributed by atoms with Gasteiger partial charge in [0.05, 0.1) is 0 Å². The van der Waals surface area contributed by atoms with Crippen LogP contribution in [0.15, 0.2) is 72.9 Å². The molecular formula is C34H32N6O4. The number of benzene rings is 3. The summed E-state index contributed by atoms with van der Waals surface area (Å²) in [6.45, 7) is 2.48. The van der Waals surface area contributed by atoms with Gasteiger partial charge < -0.3 is 15.1 Å². The van der Waals surface area contributed by atoms with E-state index in [1.54, 1.807) is 18.2 Å². The number of hydrogen-bond acceptors (Lipinski definition) is 7. The van der Waals surface area contributed by atoms with Gasteiger partial charge in [0.1, 0.15) is 11.9 Å². The van der Waals surface area contributed by atoms with Gasteiger partial charge >= 0.3 is 0 Å². The van der Waals surface area contributed by atoms with Crippen LogP contribution in [0.2, 0.25) is 0 Å². The topological polar surface area (TPSA) is 125 Å². The van der Waals surface area contributed by atoms with Crippen LogP contribution in [0.3, 0.4) is 0 Å². The van der Waals surface area contributed by atoms with Gasteiger partial charge in [0, 0.05) is 55.5 Å². The first-order chi connectivity index (χ1) is 21.4. The van der Waals surface area contributed by atoms with Crippen molar-refractivity contribution >= 4 is 40.2 Å². The smallest absolute Gasteiger partial charge is 0.255 e. The highest BCUT2D eigenvalue weighted by atomic mass is 16.2.